The van der Waals surface area contributed by atoms with Crippen LogP contribution in [0.5, 0.6) is 0 Å². The van der Waals surface area contributed by atoms with Crippen molar-refractivity contribution in [2.75, 3.05) is 0 Å². The van der Waals surface area contributed by atoms with Crippen molar-refractivity contribution in [3.63, 3.8) is 0 Å². The molecule has 9 N–H and O–H groups in total. The average Bonchev–Trinajstić information content (AvgIpc) is 3.77. The van der Waals surface area contributed by atoms with E-state index in [0.717, 1.165) is 0 Å². The van der Waals surface area contributed by atoms with Gasteiger partial charge in [0.1, 0.15) is 0 Å². The van der Waals surface area contributed by atoms with E-state index in [9.17, 15) is 69.3 Å². The Morgan fingerprint density at radius 1 is 0.421 bits per heavy atom. The van der Waals surface area contributed by atoms with Gasteiger partial charge < -0.3 is 45.7 Å². The van der Waals surface area contributed by atoms with Crippen LogP contribution in [0.1, 0.15) is 96.9 Å². The Bertz CT molecular complexity index is 2470. The number of carbonyl (C=O) groups is 7. The van der Waals surface area contributed by atoms with Crippen LogP contribution in [-0.2, 0) is 59.2 Å². The molecule has 0 amide bonds. The first-order chi connectivity index (χ1) is 26.9. The zero-order valence-corrected chi connectivity index (χ0v) is 30.5. The lowest BCUT2D eigenvalue weighted by Crippen LogP contribution is -2.04. The van der Waals surface area contributed by atoms with E-state index < -0.39 is 80.3 Å². The van der Waals surface area contributed by atoms with Crippen LogP contribution in [-0.4, -0.2) is 97.5 Å². The van der Waals surface area contributed by atoms with Gasteiger partial charge >= 0.3 is 41.8 Å². The first kappa shape index (κ1) is 41.1. The number of nitrogens with zero attached hydrogens (tertiary/aromatic N) is 2. The van der Waals surface area contributed by atoms with Crippen LogP contribution < -0.4 is 0 Å². The van der Waals surface area contributed by atoms with Gasteiger partial charge in [0, 0.05) is 47.8 Å². The summed E-state index contributed by atoms with van der Waals surface area (Å²) >= 11 is 0. The van der Waals surface area contributed by atoms with E-state index in [2.05, 4.69) is 9.97 Å². The molecule has 0 spiro atoms. The van der Waals surface area contributed by atoms with E-state index in [1.165, 1.54) is 24.3 Å². The Balaban J connectivity index is 2.05. The molecule has 0 aliphatic carbocycles. The minimum absolute atomic E-state index is 0.0219. The van der Waals surface area contributed by atoms with Crippen molar-refractivity contribution in [1.82, 2.24) is 19.9 Å². The maximum atomic E-state index is 12.3. The fraction of sp³-hybridized carbons (Fsp3) is 0.308. The number of nitrogens with one attached hydrogen (secondary N) is 2. The van der Waals surface area contributed by atoms with Crippen molar-refractivity contribution in [2.45, 2.75) is 77.6 Å². The van der Waals surface area contributed by atoms with E-state index in [4.69, 9.17) is 9.97 Å². The topological polar surface area (TPSA) is 318 Å². The molecule has 3 aromatic heterocycles. The summed E-state index contributed by atoms with van der Waals surface area (Å²) < 4.78 is 0. The Morgan fingerprint density at radius 3 is 1.25 bits per heavy atom. The zero-order valence-electron chi connectivity index (χ0n) is 30.5. The third-order valence-electron chi connectivity index (χ3n) is 9.64. The number of H-pyrrole nitrogens is 2. The van der Waals surface area contributed by atoms with Gasteiger partial charge in [-0.05, 0) is 101 Å². The van der Waals surface area contributed by atoms with E-state index in [0.29, 0.717) is 16.7 Å². The van der Waals surface area contributed by atoms with Gasteiger partial charge in [-0.1, -0.05) is 0 Å². The van der Waals surface area contributed by atoms with Crippen molar-refractivity contribution < 1.29 is 69.3 Å². The first-order valence-electron chi connectivity index (χ1n) is 17.6. The van der Waals surface area contributed by atoms with Gasteiger partial charge in [0.25, 0.3) is 0 Å². The van der Waals surface area contributed by atoms with Crippen LogP contribution in [0, 0.1) is 0 Å². The molecule has 57 heavy (non-hydrogen) atoms. The Labute approximate surface area is 321 Å². The summed E-state index contributed by atoms with van der Waals surface area (Å²) in [7, 11) is 0. The number of carboxylic acid groups (broad SMARTS) is 7. The molecule has 5 rings (SSSR count). The molecule has 18 heteroatoms. The molecular weight excluding hydrogens is 752 g/mol. The highest BCUT2D eigenvalue weighted by Gasteiger charge is 2.27. The molecule has 298 valence electrons. The molecule has 0 fully saturated rings. The van der Waals surface area contributed by atoms with Gasteiger partial charge in [-0.2, -0.15) is 0 Å². The quantitative estimate of drug-likeness (QED) is 0.0846. The summed E-state index contributed by atoms with van der Waals surface area (Å²) in [5, 5.41) is 68.4. The molecule has 18 nitrogen and oxygen atoms in total. The van der Waals surface area contributed by atoms with E-state index in [1.54, 1.807) is 6.92 Å². The zero-order chi connectivity index (χ0) is 41.7. The van der Waals surface area contributed by atoms with Gasteiger partial charge in [-0.25, -0.2) is 9.97 Å². The van der Waals surface area contributed by atoms with Gasteiger partial charge in [0.05, 0.1) is 42.0 Å². The number of rotatable bonds is 18. The number of aliphatic carboxylic acids is 7. The van der Waals surface area contributed by atoms with Crippen molar-refractivity contribution in [1.29, 1.82) is 0 Å². The SMILES string of the molecule is CC1=C(CCC(=O)O)c2cc3[15n]c(cc4[15nH]c(cc5[15nH]c(cc1[15n]2)c(CC(=O)O)c5CCC(=O)O)c(CCC(=O)O)c4CC(=O)O)C(CCC(=O)O)=C3CC(=O)O. The van der Waals surface area contributed by atoms with Crippen molar-refractivity contribution in [3.8, 4) is 0 Å². The normalized spacial score (nSPS) is 12.5. The maximum Gasteiger partial charge on any atom is 0.307 e. The number of aromatic amines is 2. The molecule has 0 radical (unpaired) electrons. The molecule has 5 heterocycles. The summed E-state index contributed by atoms with van der Waals surface area (Å²) in [5.41, 5.74) is 3.68. The van der Waals surface area contributed by atoms with Crippen LogP contribution in [0.4, 0.5) is 0 Å². The maximum absolute atomic E-state index is 12.3. The predicted octanol–water partition coefficient (Wildman–Crippen LogP) is 4.65. The Kier molecular flexibility index (Phi) is 12.3. The molecule has 0 atom stereocenters. The second-order valence-corrected chi connectivity index (χ2v) is 13.5. The molecular formula is C39H38N4O14. The molecule has 0 saturated heterocycles. The fourth-order valence-electron chi connectivity index (χ4n) is 7.13. The van der Waals surface area contributed by atoms with Crippen LogP contribution in [0.3, 0.4) is 0 Å². The third-order valence-corrected chi connectivity index (χ3v) is 9.64. The number of aryl methyl sites for hydroxylation is 2. The van der Waals surface area contributed by atoms with Gasteiger partial charge in [0.2, 0.25) is 0 Å². The number of fused-ring (bicyclic) bond motifs is 8. The Morgan fingerprint density at radius 2 is 0.789 bits per heavy atom. The summed E-state index contributed by atoms with van der Waals surface area (Å²) in [5.74, 6) is -8.48. The van der Waals surface area contributed by atoms with Crippen molar-refractivity contribution in [3.05, 3.63) is 69.3 Å². The minimum Gasteiger partial charge on any atom is -0.481 e. The number of aromatic nitrogens is 4. The highest BCUT2D eigenvalue weighted by Crippen LogP contribution is 2.39. The summed E-state index contributed by atoms with van der Waals surface area (Å²) in [4.78, 5) is 99.6. The smallest absolute Gasteiger partial charge is 0.307 e. The first-order valence-corrected chi connectivity index (χ1v) is 17.6. The molecule has 0 unspecified atom stereocenters. The number of allylic oxidation sites excluding steroid dienone is 3. The monoisotopic (exact) mass is 790 g/mol. The van der Waals surface area contributed by atoms with E-state index >= 15 is 0 Å². The lowest BCUT2D eigenvalue weighted by molar-refractivity contribution is -0.138. The minimum atomic E-state index is -1.29. The van der Waals surface area contributed by atoms with Crippen molar-refractivity contribution >= 4 is 86.1 Å². The lowest BCUT2D eigenvalue weighted by atomic mass is 9.96. The number of hydrogen-bond donors (Lipinski definition) is 9. The molecule has 0 aromatic carbocycles. The standard InChI is InChI=1S/C39H38N4O14/c1-17-18(2-6-33(44)45)26-14-31-23(11-38(54)55)21(5-9-36(50)51)29(43-31)16-32-24(12-39(56)57)20(4-8-35(48)49)28(42-32)15-27-19(3-7-34(46)47)22(10-37(52)53)30(41-27)13-25(17)40-26/h13-16,41-42H,2-12H2,1H3,(H,44,45)(H,46,47)(H,48,49)(H,50,51)(H,52,53)(H,54,55)(H,56,57)/i40+1,41+1,42+1,43+1. The predicted molar refractivity (Wildman–Crippen MR) is 201 cm³/mol. The summed E-state index contributed by atoms with van der Waals surface area (Å²) in [6.45, 7) is 1.67. The molecule has 0 saturated carbocycles. The largest absolute Gasteiger partial charge is 0.481 e. The van der Waals surface area contributed by atoms with E-state index in [1.807, 2.05) is 0 Å². The van der Waals surface area contributed by atoms with Gasteiger partial charge in [0.15, 0.2) is 0 Å². The highest BCUT2D eigenvalue weighted by molar-refractivity contribution is 6.01. The van der Waals surface area contributed by atoms with Crippen LogP contribution in [0.25, 0.3) is 44.4 Å². The van der Waals surface area contributed by atoms with Crippen LogP contribution in [0.15, 0.2) is 24.3 Å². The number of carboxylic acids is 7. The second-order valence-electron chi connectivity index (χ2n) is 13.5. The average molecular weight is 791 g/mol. The molecule has 8 bridgehead atoms. The van der Waals surface area contributed by atoms with Crippen LogP contribution >= 0.6 is 0 Å². The van der Waals surface area contributed by atoms with Gasteiger partial charge in [-0.15, -0.1) is 0 Å². The number of hydrogen-bond acceptors (Lipinski definition) is 9. The van der Waals surface area contributed by atoms with Crippen LogP contribution in [0.2, 0.25) is 0 Å². The molecule has 3 aromatic rings. The van der Waals surface area contributed by atoms with E-state index in [-0.39, 0.29) is 105 Å². The summed E-state index contributed by atoms with van der Waals surface area (Å²) in [6, 6.07) is 5.90. The Hall–Kier alpha value is -7.11. The summed E-state index contributed by atoms with van der Waals surface area (Å²) in [6.07, 6.45) is -3.91. The molecule has 2 aliphatic heterocycles. The molecule has 2 aliphatic rings. The highest BCUT2D eigenvalue weighted by atomic mass is 16.4. The second kappa shape index (κ2) is 17.1. The third kappa shape index (κ3) is 9.77. The van der Waals surface area contributed by atoms with Gasteiger partial charge in [-0.3, -0.25) is 33.6 Å². The lowest BCUT2D eigenvalue weighted by Gasteiger charge is -2.06. The fourth-order valence-corrected chi connectivity index (χ4v) is 7.13. The van der Waals surface area contributed by atoms with Crippen molar-refractivity contribution in [2.24, 2.45) is 0 Å².